The van der Waals surface area contributed by atoms with Crippen molar-refractivity contribution >= 4 is 23.2 Å². The summed E-state index contributed by atoms with van der Waals surface area (Å²) < 4.78 is 2.27. The number of benzene rings is 2. The second-order valence-electron chi connectivity index (χ2n) is 7.81. The molecule has 0 fully saturated rings. The maximum atomic E-state index is 8.88. The summed E-state index contributed by atoms with van der Waals surface area (Å²) in [5, 5.41) is 17.8. The molecule has 0 saturated heterocycles. The van der Waals surface area contributed by atoms with Crippen molar-refractivity contribution in [2.24, 2.45) is 0 Å². The van der Waals surface area contributed by atoms with Crippen molar-refractivity contribution in [3.63, 3.8) is 0 Å². The van der Waals surface area contributed by atoms with Gasteiger partial charge in [0, 0.05) is 36.5 Å². The molecular weight excluding hydrogens is 356 g/mol. The maximum Gasteiger partial charge on any atom is 0.209 e. The summed E-state index contributed by atoms with van der Waals surface area (Å²) in [6.07, 6.45) is 5.26. The third-order valence-electron chi connectivity index (χ3n) is 5.62. The van der Waals surface area contributed by atoms with Crippen LogP contribution in [0, 0.1) is 22.7 Å². The third kappa shape index (κ3) is 4.23. The van der Waals surface area contributed by atoms with E-state index >= 15 is 0 Å². The molecule has 146 valence electrons. The standard InChI is InChI=1S/C25H27N4/c1-25(2)22-8-4-5-9-23(22)28(3)24(25)15-12-20-10-13-21(14-11-20)29(18-6-16-26)19-7-17-27/h4-5,8-15H,6-7,18-19H2,1-3H3/q+1. The summed E-state index contributed by atoms with van der Waals surface area (Å²) >= 11 is 0. The molecule has 4 nitrogen and oxygen atoms in total. The number of para-hydroxylation sites is 1. The molecule has 0 aromatic heterocycles. The van der Waals surface area contributed by atoms with Crippen LogP contribution in [-0.4, -0.2) is 30.4 Å². The quantitative estimate of drug-likeness (QED) is 0.630. The van der Waals surface area contributed by atoms with Gasteiger partial charge in [0.25, 0.3) is 0 Å². The molecule has 2 aromatic rings. The fraction of sp³-hybridized carbons (Fsp3) is 0.320. The molecule has 0 N–H and O–H groups in total. The Labute approximate surface area is 173 Å². The normalized spacial score (nSPS) is 14.5. The van der Waals surface area contributed by atoms with E-state index in [0.29, 0.717) is 25.9 Å². The minimum Gasteiger partial charge on any atom is -0.369 e. The Morgan fingerprint density at radius 1 is 0.931 bits per heavy atom. The molecule has 3 rings (SSSR count). The van der Waals surface area contributed by atoms with Crippen molar-refractivity contribution in [2.75, 3.05) is 25.0 Å². The van der Waals surface area contributed by atoms with Crippen LogP contribution >= 0.6 is 0 Å². The summed E-state index contributed by atoms with van der Waals surface area (Å²) in [6.45, 7) is 5.81. The molecule has 0 atom stereocenters. The van der Waals surface area contributed by atoms with E-state index in [-0.39, 0.29) is 5.41 Å². The number of rotatable bonds is 7. The molecule has 0 unspecified atom stereocenters. The zero-order valence-electron chi connectivity index (χ0n) is 17.4. The molecule has 2 aromatic carbocycles. The van der Waals surface area contributed by atoms with E-state index in [0.717, 1.165) is 11.3 Å². The predicted molar refractivity (Wildman–Crippen MR) is 118 cm³/mol. The number of hydrogen-bond donors (Lipinski definition) is 0. The van der Waals surface area contributed by atoms with Gasteiger partial charge in [-0.25, -0.2) is 0 Å². The second kappa shape index (κ2) is 8.76. The molecule has 0 aliphatic carbocycles. The Balaban J connectivity index is 1.79. The molecule has 0 saturated carbocycles. The molecule has 0 spiro atoms. The van der Waals surface area contributed by atoms with E-state index in [9.17, 15) is 0 Å². The third-order valence-corrected chi connectivity index (χ3v) is 5.62. The second-order valence-corrected chi connectivity index (χ2v) is 7.81. The number of nitrogens with zero attached hydrogens (tertiary/aromatic N) is 4. The Hall–Kier alpha value is -3.37. The van der Waals surface area contributed by atoms with Crippen molar-refractivity contribution in [3.05, 3.63) is 65.7 Å². The van der Waals surface area contributed by atoms with Gasteiger partial charge in [0.15, 0.2) is 5.71 Å². The van der Waals surface area contributed by atoms with Crippen molar-refractivity contribution in [3.8, 4) is 12.1 Å². The van der Waals surface area contributed by atoms with Gasteiger partial charge in [0.05, 0.1) is 30.4 Å². The zero-order valence-corrected chi connectivity index (χ0v) is 17.4. The topological polar surface area (TPSA) is 53.8 Å². The highest BCUT2D eigenvalue weighted by molar-refractivity contribution is 6.05. The highest BCUT2D eigenvalue weighted by Crippen LogP contribution is 2.39. The van der Waals surface area contributed by atoms with Gasteiger partial charge in [-0.3, -0.25) is 0 Å². The molecule has 4 heteroatoms. The number of anilines is 1. The zero-order chi connectivity index (χ0) is 20.9. The van der Waals surface area contributed by atoms with Gasteiger partial charge in [-0.05, 0) is 37.6 Å². The highest BCUT2D eigenvalue weighted by atomic mass is 15.1. The first-order valence-corrected chi connectivity index (χ1v) is 9.96. The highest BCUT2D eigenvalue weighted by Gasteiger charge is 2.42. The molecule has 0 radical (unpaired) electrons. The fourth-order valence-corrected chi connectivity index (χ4v) is 4.01. The SMILES string of the molecule is C[N+]1=C(/C=C/c2ccc(N(CCC#N)CCC#N)cc2)C(C)(C)c2ccccc21. The van der Waals surface area contributed by atoms with Crippen LogP contribution in [0.4, 0.5) is 11.4 Å². The van der Waals surface area contributed by atoms with E-state index in [1.165, 1.54) is 17.0 Å². The number of nitriles is 2. The van der Waals surface area contributed by atoms with E-state index in [1.54, 1.807) is 0 Å². The summed E-state index contributed by atoms with van der Waals surface area (Å²) in [5.74, 6) is 0. The van der Waals surface area contributed by atoms with Crippen LogP contribution in [0.15, 0.2) is 54.6 Å². The minimum absolute atomic E-state index is 0.0346. The average Bonchev–Trinajstić information content (AvgIpc) is 2.93. The minimum atomic E-state index is -0.0346. The van der Waals surface area contributed by atoms with Crippen LogP contribution in [0.5, 0.6) is 0 Å². The van der Waals surface area contributed by atoms with E-state index in [1.807, 2.05) is 0 Å². The van der Waals surface area contributed by atoms with Crippen LogP contribution in [-0.2, 0) is 5.41 Å². The van der Waals surface area contributed by atoms with E-state index < -0.39 is 0 Å². The number of hydrogen-bond acceptors (Lipinski definition) is 3. The molecule has 1 aliphatic rings. The molecule has 1 aliphatic heterocycles. The van der Waals surface area contributed by atoms with Crippen molar-refractivity contribution in [1.29, 1.82) is 10.5 Å². The lowest BCUT2D eigenvalue weighted by Gasteiger charge is -2.22. The van der Waals surface area contributed by atoms with E-state index in [2.05, 4.69) is 103 Å². The fourth-order valence-electron chi connectivity index (χ4n) is 4.01. The van der Waals surface area contributed by atoms with Gasteiger partial charge >= 0.3 is 0 Å². The molecule has 1 heterocycles. The van der Waals surface area contributed by atoms with Gasteiger partial charge in [-0.15, -0.1) is 0 Å². The molecule has 0 bridgehead atoms. The van der Waals surface area contributed by atoms with Crippen LogP contribution in [0.3, 0.4) is 0 Å². The first-order chi connectivity index (χ1) is 14.0. The van der Waals surface area contributed by atoms with Crippen molar-refractivity contribution in [1.82, 2.24) is 0 Å². The van der Waals surface area contributed by atoms with Crippen LogP contribution in [0.2, 0.25) is 0 Å². The molecule has 29 heavy (non-hydrogen) atoms. The van der Waals surface area contributed by atoms with Gasteiger partial charge in [0.1, 0.15) is 7.05 Å². The largest absolute Gasteiger partial charge is 0.369 e. The first kappa shape index (κ1) is 20.4. The predicted octanol–water partition coefficient (Wildman–Crippen LogP) is 5.04. The maximum absolute atomic E-state index is 8.88. The van der Waals surface area contributed by atoms with Gasteiger partial charge in [-0.1, -0.05) is 30.3 Å². The number of fused-ring (bicyclic) bond motifs is 1. The molecular formula is C25H27N4+. The van der Waals surface area contributed by atoms with Gasteiger partial charge in [-0.2, -0.15) is 15.1 Å². The molecule has 0 amide bonds. The summed E-state index contributed by atoms with van der Waals surface area (Å²) in [4.78, 5) is 2.10. The number of allylic oxidation sites excluding steroid dienone is 1. The Bertz CT molecular complexity index is 996. The smallest absolute Gasteiger partial charge is 0.209 e. The van der Waals surface area contributed by atoms with Crippen LogP contribution in [0.1, 0.15) is 37.8 Å². The average molecular weight is 384 g/mol. The van der Waals surface area contributed by atoms with Gasteiger partial charge < -0.3 is 4.90 Å². The van der Waals surface area contributed by atoms with Crippen LogP contribution < -0.4 is 4.90 Å². The van der Waals surface area contributed by atoms with Crippen LogP contribution in [0.25, 0.3) is 6.08 Å². The lowest BCUT2D eigenvalue weighted by atomic mass is 9.81. The Morgan fingerprint density at radius 2 is 1.55 bits per heavy atom. The van der Waals surface area contributed by atoms with Gasteiger partial charge in [0.2, 0.25) is 5.69 Å². The summed E-state index contributed by atoms with van der Waals surface area (Å²) in [5.41, 5.74) is 6.02. The lowest BCUT2D eigenvalue weighted by molar-refractivity contribution is -0.401. The summed E-state index contributed by atoms with van der Waals surface area (Å²) in [6, 6.07) is 21.2. The summed E-state index contributed by atoms with van der Waals surface area (Å²) in [7, 11) is 2.12. The van der Waals surface area contributed by atoms with Crippen molar-refractivity contribution < 1.29 is 4.58 Å². The van der Waals surface area contributed by atoms with E-state index in [4.69, 9.17) is 10.5 Å². The Morgan fingerprint density at radius 3 is 2.14 bits per heavy atom. The first-order valence-electron chi connectivity index (χ1n) is 9.96. The lowest BCUT2D eigenvalue weighted by Crippen LogP contribution is -2.26. The monoisotopic (exact) mass is 383 g/mol. The Kier molecular flexibility index (Phi) is 6.15. The van der Waals surface area contributed by atoms with Crippen molar-refractivity contribution in [2.45, 2.75) is 32.1 Å².